The fourth-order valence-corrected chi connectivity index (χ4v) is 3.66. The van der Waals surface area contributed by atoms with Crippen molar-refractivity contribution < 1.29 is 9.59 Å². The van der Waals surface area contributed by atoms with E-state index in [4.69, 9.17) is 11.6 Å². The zero-order valence-electron chi connectivity index (χ0n) is 15.9. The van der Waals surface area contributed by atoms with E-state index in [-0.39, 0.29) is 18.4 Å². The molecule has 0 spiro atoms. The van der Waals surface area contributed by atoms with Crippen LogP contribution in [0.5, 0.6) is 0 Å². The van der Waals surface area contributed by atoms with Gasteiger partial charge >= 0.3 is 0 Å². The van der Waals surface area contributed by atoms with E-state index in [1.165, 1.54) is 0 Å². The second-order valence-corrected chi connectivity index (χ2v) is 7.43. The summed E-state index contributed by atoms with van der Waals surface area (Å²) < 4.78 is 0. The first kappa shape index (κ1) is 19.3. The lowest BCUT2D eigenvalue weighted by Gasteiger charge is -2.22. The molecule has 0 radical (unpaired) electrons. The highest BCUT2D eigenvalue weighted by Gasteiger charge is 2.21. The maximum atomic E-state index is 12.6. The first-order valence-corrected chi connectivity index (χ1v) is 9.99. The SMILES string of the molecule is O=C(NCC(=O)N1CCCN(c2nc3ccccc3[nH]2)CC1)c1cccc(Cl)c1. The number of halogens is 1. The molecule has 0 aliphatic carbocycles. The summed E-state index contributed by atoms with van der Waals surface area (Å²) in [5.41, 5.74) is 2.38. The predicted molar refractivity (Wildman–Crippen MR) is 113 cm³/mol. The van der Waals surface area contributed by atoms with E-state index in [1.54, 1.807) is 29.2 Å². The van der Waals surface area contributed by atoms with E-state index < -0.39 is 0 Å². The number of carbonyl (C=O) groups excluding carboxylic acids is 2. The largest absolute Gasteiger partial charge is 0.343 e. The van der Waals surface area contributed by atoms with Gasteiger partial charge in [0.2, 0.25) is 11.9 Å². The fraction of sp³-hybridized carbons (Fsp3) is 0.286. The molecule has 150 valence electrons. The summed E-state index contributed by atoms with van der Waals surface area (Å²) >= 11 is 5.91. The van der Waals surface area contributed by atoms with Crippen LogP contribution in [0.25, 0.3) is 11.0 Å². The molecule has 1 aromatic heterocycles. The highest BCUT2D eigenvalue weighted by Crippen LogP contribution is 2.18. The van der Waals surface area contributed by atoms with Crippen molar-refractivity contribution in [2.75, 3.05) is 37.6 Å². The summed E-state index contributed by atoms with van der Waals surface area (Å²) in [7, 11) is 0. The minimum Gasteiger partial charge on any atom is -0.343 e. The van der Waals surface area contributed by atoms with Crippen molar-refractivity contribution in [3.63, 3.8) is 0 Å². The number of hydrogen-bond donors (Lipinski definition) is 2. The van der Waals surface area contributed by atoms with Crippen LogP contribution in [0.4, 0.5) is 5.95 Å². The number of imidazole rings is 1. The molecular formula is C21H22ClN5O2. The van der Waals surface area contributed by atoms with E-state index in [1.807, 2.05) is 24.3 Å². The predicted octanol–water partition coefficient (Wildman–Crippen LogP) is 2.68. The summed E-state index contributed by atoms with van der Waals surface area (Å²) in [6.45, 7) is 2.72. The molecule has 1 saturated heterocycles. The van der Waals surface area contributed by atoms with Crippen molar-refractivity contribution in [2.45, 2.75) is 6.42 Å². The lowest BCUT2D eigenvalue weighted by Crippen LogP contribution is -2.42. The van der Waals surface area contributed by atoms with Crippen molar-refractivity contribution in [1.82, 2.24) is 20.2 Å². The third-order valence-electron chi connectivity index (χ3n) is 5.01. The Kier molecular flexibility index (Phi) is 5.67. The minimum absolute atomic E-state index is 0.0318. The van der Waals surface area contributed by atoms with Crippen molar-refractivity contribution in [1.29, 1.82) is 0 Å². The Morgan fingerprint density at radius 2 is 1.93 bits per heavy atom. The summed E-state index contributed by atoms with van der Waals surface area (Å²) in [5.74, 6) is 0.432. The monoisotopic (exact) mass is 411 g/mol. The van der Waals surface area contributed by atoms with Gasteiger partial charge in [-0.25, -0.2) is 4.98 Å². The number of para-hydroxylation sites is 2. The average molecular weight is 412 g/mol. The van der Waals surface area contributed by atoms with Gasteiger partial charge in [-0.2, -0.15) is 0 Å². The van der Waals surface area contributed by atoms with Crippen LogP contribution in [-0.2, 0) is 4.79 Å². The smallest absolute Gasteiger partial charge is 0.251 e. The number of carbonyl (C=O) groups is 2. The van der Waals surface area contributed by atoms with Gasteiger partial charge in [-0.1, -0.05) is 29.8 Å². The molecule has 2 N–H and O–H groups in total. The first-order valence-electron chi connectivity index (χ1n) is 9.61. The third-order valence-corrected chi connectivity index (χ3v) is 5.25. The van der Waals surface area contributed by atoms with Gasteiger partial charge in [-0.05, 0) is 36.8 Å². The molecular weight excluding hydrogens is 390 g/mol. The molecule has 3 aromatic rings. The van der Waals surface area contributed by atoms with Crippen LogP contribution in [0.2, 0.25) is 5.02 Å². The summed E-state index contributed by atoms with van der Waals surface area (Å²) in [4.78, 5) is 36.7. The van der Waals surface area contributed by atoms with Gasteiger partial charge in [0.1, 0.15) is 0 Å². The van der Waals surface area contributed by atoms with E-state index in [2.05, 4.69) is 20.2 Å². The number of rotatable bonds is 4. The molecule has 1 aliphatic heterocycles. The second kappa shape index (κ2) is 8.53. The molecule has 2 amide bonds. The van der Waals surface area contributed by atoms with Gasteiger partial charge in [0.25, 0.3) is 5.91 Å². The van der Waals surface area contributed by atoms with Gasteiger partial charge in [-0.3, -0.25) is 9.59 Å². The van der Waals surface area contributed by atoms with Crippen LogP contribution in [-0.4, -0.2) is 59.4 Å². The molecule has 7 nitrogen and oxygen atoms in total. The first-order chi connectivity index (χ1) is 14.1. The number of benzene rings is 2. The van der Waals surface area contributed by atoms with Gasteiger partial charge < -0.3 is 20.1 Å². The standard InChI is InChI=1S/C21H22ClN5O2/c22-16-6-3-5-15(13-16)20(29)23-14-19(28)26-9-4-10-27(12-11-26)21-24-17-7-1-2-8-18(17)25-21/h1-3,5-8,13H,4,9-12,14H2,(H,23,29)(H,24,25). The summed E-state index contributed by atoms with van der Waals surface area (Å²) in [5, 5.41) is 3.17. The Bertz CT molecular complexity index is 1000. The number of aromatic amines is 1. The molecule has 0 atom stereocenters. The Morgan fingerprint density at radius 1 is 1.07 bits per heavy atom. The van der Waals surface area contributed by atoms with Crippen LogP contribution >= 0.6 is 11.6 Å². The highest BCUT2D eigenvalue weighted by molar-refractivity contribution is 6.31. The van der Waals surface area contributed by atoms with Crippen LogP contribution in [0.15, 0.2) is 48.5 Å². The number of fused-ring (bicyclic) bond motifs is 1. The number of H-pyrrole nitrogens is 1. The summed E-state index contributed by atoms with van der Waals surface area (Å²) in [6, 6.07) is 14.6. The van der Waals surface area contributed by atoms with Crippen LogP contribution in [0, 0.1) is 0 Å². The topological polar surface area (TPSA) is 81.3 Å². The summed E-state index contributed by atoms with van der Waals surface area (Å²) in [6.07, 6.45) is 0.838. The third kappa shape index (κ3) is 4.51. The molecule has 1 aliphatic rings. The molecule has 0 unspecified atom stereocenters. The van der Waals surface area contributed by atoms with Crippen LogP contribution in [0.1, 0.15) is 16.8 Å². The van der Waals surface area contributed by atoms with Crippen molar-refractivity contribution >= 4 is 40.4 Å². The van der Waals surface area contributed by atoms with Gasteiger partial charge in [0.15, 0.2) is 0 Å². The van der Waals surface area contributed by atoms with Gasteiger partial charge in [0, 0.05) is 36.8 Å². The molecule has 2 aromatic carbocycles. The Labute approximate surface area is 173 Å². The number of amides is 2. The molecule has 1 fully saturated rings. The maximum absolute atomic E-state index is 12.6. The Balaban J connectivity index is 1.33. The number of hydrogen-bond acceptors (Lipinski definition) is 4. The zero-order valence-corrected chi connectivity index (χ0v) is 16.7. The highest BCUT2D eigenvalue weighted by atomic mass is 35.5. The van der Waals surface area contributed by atoms with Crippen LogP contribution < -0.4 is 10.2 Å². The maximum Gasteiger partial charge on any atom is 0.251 e. The minimum atomic E-state index is -0.306. The molecule has 0 bridgehead atoms. The lowest BCUT2D eigenvalue weighted by atomic mass is 10.2. The normalized spacial score (nSPS) is 14.7. The Hall–Kier alpha value is -3.06. The molecule has 4 rings (SSSR count). The molecule has 0 saturated carbocycles. The fourth-order valence-electron chi connectivity index (χ4n) is 3.47. The van der Waals surface area contributed by atoms with Crippen molar-refractivity contribution in [3.05, 3.63) is 59.1 Å². The van der Waals surface area contributed by atoms with E-state index in [0.717, 1.165) is 29.9 Å². The van der Waals surface area contributed by atoms with Gasteiger partial charge in [-0.15, -0.1) is 0 Å². The molecule has 2 heterocycles. The second-order valence-electron chi connectivity index (χ2n) is 6.99. The van der Waals surface area contributed by atoms with Crippen LogP contribution in [0.3, 0.4) is 0 Å². The molecule has 8 heteroatoms. The van der Waals surface area contributed by atoms with Crippen molar-refractivity contribution in [3.8, 4) is 0 Å². The van der Waals surface area contributed by atoms with E-state index in [0.29, 0.717) is 30.2 Å². The number of nitrogens with zero attached hydrogens (tertiary/aromatic N) is 3. The van der Waals surface area contributed by atoms with E-state index in [9.17, 15) is 9.59 Å². The number of nitrogens with one attached hydrogen (secondary N) is 2. The Morgan fingerprint density at radius 3 is 2.76 bits per heavy atom. The quantitative estimate of drug-likeness (QED) is 0.691. The van der Waals surface area contributed by atoms with E-state index >= 15 is 0 Å². The molecule has 29 heavy (non-hydrogen) atoms. The van der Waals surface area contributed by atoms with Gasteiger partial charge in [0.05, 0.1) is 17.6 Å². The lowest BCUT2D eigenvalue weighted by molar-refractivity contribution is -0.129. The van der Waals surface area contributed by atoms with Crippen molar-refractivity contribution in [2.24, 2.45) is 0 Å². The zero-order chi connectivity index (χ0) is 20.2. The average Bonchev–Trinajstić information content (AvgIpc) is 3.01. The number of aromatic nitrogens is 2. The number of anilines is 1.